The molecule has 7 heteroatoms. The SMILES string of the molecule is O=S(=O)(c1cccc2ccccc12)c1n[nH]c2c(N3CCCNCC3)cccc12. The Kier molecular flexibility index (Phi) is 4.49. The fraction of sp³-hybridized carbons (Fsp3) is 0.227. The van der Waals surface area contributed by atoms with Crippen molar-refractivity contribution in [3.05, 3.63) is 60.7 Å². The lowest BCUT2D eigenvalue weighted by atomic mass is 10.1. The molecule has 0 atom stereocenters. The van der Waals surface area contributed by atoms with E-state index in [-0.39, 0.29) is 9.92 Å². The Bertz CT molecular complexity index is 1280. The average Bonchev–Trinajstić information content (AvgIpc) is 3.01. The van der Waals surface area contributed by atoms with Crippen LogP contribution in [0.1, 0.15) is 6.42 Å². The number of para-hydroxylation sites is 1. The summed E-state index contributed by atoms with van der Waals surface area (Å²) < 4.78 is 27.1. The van der Waals surface area contributed by atoms with Crippen molar-refractivity contribution in [1.82, 2.24) is 15.5 Å². The predicted molar refractivity (Wildman–Crippen MR) is 115 cm³/mol. The molecule has 2 N–H and O–H groups in total. The molecule has 29 heavy (non-hydrogen) atoms. The van der Waals surface area contributed by atoms with Gasteiger partial charge in [-0.1, -0.05) is 42.5 Å². The molecule has 0 amide bonds. The molecule has 0 saturated carbocycles. The molecular formula is C22H22N4O2S. The normalized spacial score (nSPS) is 15.7. The summed E-state index contributed by atoms with van der Waals surface area (Å²) >= 11 is 0. The zero-order chi connectivity index (χ0) is 19.8. The number of fused-ring (bicyclic) bond motifs is 2. The fourth-order valence-electron chi connectivity index (χ4n) is 4.09. The second-order valence-corrected chi connectivity index (χ2v) is 9.13. The lowest BCUT2D eigenvalue weighted by molar-refractivity contribution is 0.593. The maximum atomic E-state index is 13.6. The van der Waals surface area contributed by atoms with E-state index in [1.54, 1.807) is 12.1 Å². The van der Waals surface area contributed by atoms with Crippen molar-refractivity contribution in [2.75, 3.05) is 31.1 Å². The number of sulfone groups is 1. The third kappa shape index (κ3) is 3.07. The molecule has 1 saturated heterocycles. The fourth-order valence-corrected chi connectivity index (χ4v) is 5.66. The van der Waals surface area contributed by atoms with Gasteiger partial charge in [-0.05, 0) is 36.6 Å². The van der Waals surface area contributed by atoms with Gasteiger partial charge in [0.2, 0.25) is 9.84 Å². The molecule has 0 unspecified atom stereocenters. The van der Waals surface area contributed by atoms with Crippen LogP contribution in [-0.2, 0) is 9.84 Å². The van der Waals surface area contributed by atoms with E-state index in [1.165, 1.54) is 0 Å². The highest BCUT2D eigenvalue weighted by atomic mass is 32.2. The van der Waals surface area contributed by atoms with Crippen LogP contribution >= 0.6 is 0 Å². The van der Waals surface area contributed by atoms with Gasteiger partial charge in [0.15, 0.2) is 5.03 Å². The minimum Gasteiger partial charge on any atom is -0.368 e. The average molecular weight is 407 g/mol. The number of anilines is 1. The van der Waals surface area contributed by atoms with Gasteiger partial charge in [-0.3, -0.25) is 5.10 Å². The smallest absolute Gasteiger partial charge is 0.226 e. The van der Waals surface area contributed by atoms with E-state index in [4.69, 9.17) is 0 Å². The zero-order valence-electron chi connectivity index (χ0n) is 15.9. The lowest BCUT2D eigenvalue weighted by Gasteiger charge is -2.22. The van der Waals surface area contributed by atoms with Gasteiger partial charge in [-0.15, -0.1) is 0 Å². The Morgan fingerprint density at radius 3 is 2.59 bits per heavy atom. The Morgan fingerprint density at radius 1 is 0.862 bits per heavy atom. The van der Waals surface area contributed by atoms with Crippen molar-refractivity contribution in [2.24, 2.45) is 0 Å². The van der Waals surface area contributed by atoms with Gasteiger partial charge >= 0.3 is 0 Å². The first kappa shape index (κ1) is 18.1. The van der Waals surface area contributed by atoms with Crippen molar-refractivity contribution in [3.8, 4) is 0 Å². The number of hydrogen-bond donors (Lipinski definition) is 2. The summed E-state index contributed by atoms with van der Waals surface area (Å²) in [6.45, 7) is 3.71. The van der Waals surface area contributed by atoms with Gasteiger partial charge < -0.3 is 10.2 Å². The molecule has 2 heterocycles. The first-order chi connectivity index (χ1) is 14.2. The molecule has 5 rings (SSSR count). The van der Waals surface area contributed by atoms with Gasteiger partial charge in [0, 0.05) is 30.4 Å². The topological polar surface area (TPSA) is 78.1 Å². The number of H-pyrrole nitrogens is 1. The molecular weight excluding hydrogens is 384 g/mol. The van der Waals surface area contributed by atoms with Crippen molar-refractivity contribution in [1.29, 1.82) is 0 Å². The standard InChI is InChI=1S/C22H22N4O2S/c27-29(28,20-11-3-7-16-6-1-2-8-17(16)20)22-18-9-4-10-19(21(18)24-25-22)26-14-5-12-23-13-15-26/h1-4,6-11,23H,5,12-15H2,(H,24,25). The van der Waals surface area contributed by atoms with E-state index >= 15 is 0 Å². The summed E-state index contributed by atoms with van der Waals surface area (Å²) in [5.41, 5.74) is 1.77. The predicted octanol–water partition coefficient (Wildman–Crippen LogP) is 3.35. The van der Waals surface area contributed by atoms with Crippen molar-refractivity contribution in [3.63, 3.8) is 0 Å². The second-order valence-electron chi connectivity index (χ2n) is 7.30. The third-order valence-electron chi connectivity index (χ3n) is 5.52. The first-order valence-corrected chi connectivity index (χ1v) is 11.3. The molecule has 0 spiro atoms. The van der Waals surface area contributed by atoms with E-state index in [2.05, 4.69) is 20.4 Å². The number of hydrogen-bond acceptors (Lipinski definition) is 5. The molecule has 4 aromatic rings. The Morgan fingerprint density at radius 2 is 1.66 bits per heavy atom. The highest BCUT2D eigenvalue weighted by Crippen LogP contribution is 2.34. The molecule has 3 aromatic carbocycles. The summed E-state index contributed by atoms with van der Waals surface area (Å²) in [6, 6.07) is 18.6. The van der Waals surface area contributed by atoms with E-state index in [1.807, 2.05) is 48.5 Å². The summed E-state index contributed by atoms with van der Waals surface area (Å²) in [5, 5.41) is 13.0. The van der Waals surface area contributed by atoms with Crippen LogP contribution in [0.15, 0.2) is 70.6 Å². The molecule has 1 aliphatic heterocycles. The van der Waals surface area contributed by atoms with E-state index in [9.17, 15) is 8.42 Å². The maximum absolute atomic E-state index is 13.6. The maximum Gasteiger partial charge on any atom is 0.226 e. The lowest BCUT2D eigenvalue weighted by Crippen LogP contribution is -2.27. The number of benzene rings is 3. The van der Waals surface area contributed by atoms with Gasteiger partial charge in [-0.2, -0.15) is 5.10 Å². The molecule has 1 fully saturated rings. The van der Waals surface area contributed by atoms with Crippen LogP contribution in [0.3, 0.4) is 0 Å². The van der Waals surface area contributed by atoms with E-state index in [0.29, 0.717) is 10.8 Å². The monoisotopic (exact) mass is 406 g/mol. The quantitative estimate of drug-likeness (QED) is 0.546. The number of nitrogens with one attached hydrogen (secondary N) is 2. The van der Waals surface area contributed by atoms with Crippen LogP contribution in [0.4, 0.5) is 5.69 Å². The van der Waals surface area contributed by atoms with Crippen LogP contribution in [0.25, 0.3) is 21.7 Å². The highest BCUT2D eigenvalue weighted by Gasteiger charge is 2.27. The Labute approximate surface area is 169 Å². The Hall–Kier alpha value is -2.90. The van der Waals surface area contributed by atoms with Crippen LogP contribution in [0.2, 0.25) is 0 Å². The van der Waals surface area contributed by atoms with Gasteiger partial charge in [-0.25, -0.2) is 8.42 Å². The van der Waals surface area contributed by atoms with Crippen molar-refractivity contribution < 1.29 is 8.42 Å². The van der Waals surface area contributed by atoms with Gasteiger partial charge in [0.05, 0.1) is 16.1 Å². The molecule has 148 valence electrons. The molecule has 1 aromatic heterocycles. The first-order valence-electron chi connectivity index (χ1n) is 9.82. The van der Waals surface area contributed by atoms with Crippen LogP contribution in [0.5, 0.6) is 0 Å². The summed E-state index contributed by atoms with van der Waals surface area (Å²) in [4.78, 5) is 2.57. The van der Waals surface area contributed by atoms with Crippen LogP contribution in [-0.4, -0.2) is 44.8 Å². The number of aromatic nitrogens is 2. The molecule has 0 radical (unpaired) electrons. The number of rotatable bonds is 3. The Balaban J connectivity index is 1.66. The molecule has 0 bridgehead atoms. The van der Waals surface area contributed by atoms with E-state index < -0.39 is 9.84 Å². The largest absolute Gasteiger partial charge is 0.368 e. The summed E-state index contributed by atoms with van der Waals surface area (Å²) in [5.74, 6) is 0. The minimum atomic E-state index is -3.78. The molecule has 0 aliphatic carbocycles. The number of aromatic amines is 1. The minimum absolute atomic E-state index is 0.0821. The van der Waals surface area contributed by atoms with Gasteiger partial charge in [0.1, 0.15) is 0 Å². The van der Waals surface area contributed by atoms with E-state index in [0.717, 1.165) is 49.2 Å². The summed E-state index contributed by atoms with van der Waals surface area (Å²) in [6.07, 6.45) is 1.05. The van der Waals surface area contributed by atoms with Crippen LogP contribution in [0, 0.1) is 0 Å². The third-order valence-corrected chi connectivity index (χ3v) is 7.27. The highest BCUT2D eigenvalue weighted by molar-refractivity contribution is 7.91. The van der Waals surface area contributed by atoms with Gasteiger partial charge in [0.25, 0.3) is 0 Å². The molecule has 1 aliphatic rings. The zero-order valence-corrected chi connectivity index (χ0v) is 16.7. The summed E-state index contributed by atoms with van der Waals surface area (Å²) in [7, 11) is -3.78. The number of nitrogens with zero attached hydrogens (tertiary/aromatic N) is 2. The second kappa shape index (κ2) is 7.17. The molecule has 6 nitrogen and oxygen atoms in total. The van der Waals surface area contributed by atoms with Crippen molar-refractivity contribution >= 4 is 37.2 Å². The van der Waals surface area contributed by atoms with Crippen molar-refractivity contribution in [2.45, 2.75) is 16.3 Å². The van der Waals surface area contributed by atoms with Crippen LogP contribution < -0.4 is 10.2 Å².